The maximum atomic E-state index is 13.4. The van der Waals surface area contributed by atoms with Gasteiger partial charge in [0, 0.05) is 45.0 Å². The summed E-state index contributed by atoms with van der Waals surface area (Å²) in [5.41, 5.74) is 5.11. The summed E-state index contributed by atoms with van der Waals surface area (Å²) in [5, 5.41) is 4.46. The Hall–Kier alpha value is -3.65. The second-order valence-corrected chi connectivity index (χ2v) is 9.45. The molecule has 0 saturated carbocycles. The summed E-state index contributed by atoms with van der Waals surface area (Å²) in [4.78, 5) is 32.5. The zero-order chi connectivity index (χ0) is 25.2. The molecule has 8 nitrogen and oxygen atoms in total. The molecule has 0 N–H and O–H groups in total. The lowest BCUT2D eigenvalue weighted by atomic mass is 10.1. The van der Waals surface area contributed by atoms with Gasteiger partial charge in [-0.1, -0.05) is 18.2 Å². The van der Waals surface area contributed by atoms with Gasteiger partial charge in [0.15, 0.2) is 0 Å². The van der Waals surface area contributed by atoms with Crippen molar-refractivity contribution in [1.82, 2.24) is 19.6 Å². The molecule has 0 radical (unpaired) electrons. The molecule has 0 bridgehead atoms. The highest BCUT2D eigenvalue weighted by Gasteiger charge is 2.38. The number of aryl methyl sites for hydroxylation is 2. The van der Waals surface area contributed by atoms with Gasteiger partial charge >= 0.3 is 0 Å². The van der Waals surface area contributed by atoms with Gasteiger partial charge in [-0.3, -0.25) is 24.1 Å². The van der Waals surface area contributed by atoms with E-state index in [1.54, 1.807) is 6.07 Å². The highest BCUT2D eigenvalue weighted by Crippen LogP contribution is 2.32. The molecule has 0 aliphatic carbocycles. The zero-order valence-electron chi connectivity index (χ0n) is 21.2. The average molecular weight is 488 g/mol. The Morgan fingerprint density at radius 3 is 2.33 bits per heavy atom. The van der Waals surface area contributed by atoms with Crippen molar-refractivity contribution in [2.24, 2.45) is 0 Å². The molecule has 1 fully saturated rings. The second-order valence-electron chi connectivity index (χ2n) is 9.45. The van der Waals surface area contributed by atoms with E-state index in [1.165, 1.54) is 10.5 Å². The number of hydrogen-bond donors (Lipinski definition) is 0. The molecule has 0 unspecified atom stereocenters. The maximum absolute atomic E-state index is 13.4. The molecular weight excluding hydrogens is 454 g/mol. The van der Waals surface area contributed by atoms with Crippen LogP contribution in [0.5, 0.6) is 5.75 Å². The molecule has 1 saturated heterocycles. The smallest absolute Gasteiger partial charge is 0.263 e. The van der Waals surface area contributed by atoms with E-state index in [4.69, 9.17) is 4.74 Å². The van der Waals surface area contributed by atoms with Crippen LogP contribution in [0.15, 0.2) is 48.5 Å². The highest BCUT2D eigenvalue weighted by atomic mass is 16.5. The van der Waals surface area contributed by atoms with Crippen LogP contribution in [0.2, 0.25) is 0 Å². The summed E-state index contributed by atoms with van der Waals surface area (Å²) in [5.74, 6) is 0.476. The van der Waals surface area contributed by atoms with Crippen LogP contribution in [-0.4, -0.2) is 70.7 Å². The van der Waals surface area contributed by atoms with Crippen molar-refractivity contribution in [3.05, 3.63) is 76.6 Å². The van der Waals surface area contributed by atoms with Crippen LogP contribution >= 0.6 is 0 Å². The van der Waals surface area contributed by atoms with Gasteiger partial charge in [0.1, 0.15) is 5.75 Å². The van der Waals surface area contributed by atoms with Gasteiger partial charge in [-0.25, -0.2) is 0 Å². The monoisotopic (exact) mass is 487 g/mol. The number of imide groups is 1. The first-order chi connectivity index (χ1) is 17.4. The summed E-state index contributed by atoms with van der Waals surface area (Å²) in [6, 6.07) is 15.9. The minimum atomic E-state index is -0.215. The molecule has 3 heterocycles. The van der Waals surface area contributed by atoms with Crippen LogP contribution in [0.25, 0.3) is 0 Å². The highest BCUT2D eigenvalue weighted by molar-refractivity contribution is 6.23. The van der Waals surface area contributed by atoms with Crippen LogP contribution in [0.4, 0.5) is 5.69 Å². The van der Waals surface area contributed by atoms with Crippen LogP contribution in [0.3, 0.4) is 0 Å². The number of nitrogens with zero attached hydrogens (tertiary/aromatic N) is 5. The minimum absolute atomic E-state index is 0.205. The summed E-state index contributed by atoms with van der Waals surface area (Å²) >= 11 is 0. The number of carbonyl (C=O) groups excluding carboxylic acids is 2. The Kier molecular flexibility index (Phi) is 6.78. The standard InChI is InChI=1S/C28H33N5O3/c1-4-36-23-10-8-22(9-11-23)19-30-12-14-31(15-13-30)25-7-5-6-24-26(25)28(35)32(27(24)34)16-17-33-21(3)18-20(2)29-33/h5-11,18H,4,12-17,19H2,1-3H3. The molecule has 5 rings (SSSR count). The van der Waals surface area contributed by atoms with Crippen molar-refractivity contribution in [2.45, 2.75) is 33.9 Å². The number of rotatable bonds is 8. The largest absolute Gasteiger partial charge is 0.494 e. The molecule has 2 aromatic carbocycles. The maximum Gasteiger partial charge on any atom is 0.263 e. The third kappa shape index (κ3) is 4.73. The molecule has 2 amide bonds. The third-order valence-electron chi connectivity index (χ3n) is 6.97. The number of ether oxygens (including phenoxy) is 1. The van der Waals surface area contributed by atoms with Gasteiger partial charge in [0.2, 0.25) is 0 Å². The van der Waals surface area contributed by atoms with Gasteiger partial charge < -0.3 is 9.64 Å². The number of benzene rings is 2. The Balaban J connectivity index is 1.24. The topological polar surface area (TPSA) is 70.9 Å². The van der Waals surface area contributed by atoms with Gasteiger partial charge in [0.25, 0.3) is 11.8 Å². The number of fused-ring (bicyclic) bond motifs is 1. The van der Waals surface area contributed by atoms with Crippen molar-refractivity contribution in [3.8, 4) is 5.75 Å². The van der Waals surface area contributed by atoms with Gasteiger partial charge in [-0.2, -0.15) is 5.10 Å². The summed E-state index contributed by atoms with van der Waals surface area (Å²) in [7, 11) is 0. The number of hydrogen-bond acceptors (Lipinski definition) is 6. The number of carbonyl (C=O) groups is 2. The first-order valence-electron chi connectivity index (χ1n) is 12.6. The summed E-state index contributed by atoms with van der Waals surface area (Å²) in [6.07, 6.45) is 0. The van der Waals surface area contributed by atoms with Crippen molar-refractivity contribution in [3.63, 3.8) is 0 Å². The van der Waals surface area contributed by atoms with Gasteiger partial charge in [0.05, 0.1) is 35.7 Å². The Morgan fingerprint density at radius 2 is 1.67 bits per heavy atom. The van der Waals surface area contributed by atoms with Crippen molar-refractivity contribution < 1.29 is 14.3 Å². The van der Waals surface area contributed by atoms with E-state index in [0.29, 0.717) is 30.8 Å². The molecule has 8 heteroatoms. The fourth-order valence-corrected chi connectivity index (χ4v) is 5.14. The Morgan fingerprint density at radius 1 is 0.917 bits per heavy atom. The molecule has 36 heavy (non-hydrogen) atoms. The predicted octanol–water partition coefficient (Wildman–Crippen LogP) is 3.52. The van der Waals surface area contributed by atoms with Gasteiger partial charge in [-0.15, -0.1) is 0 Å². The van der Waals surface area contributed by atoms with Crippen molar-refractivity contribution >= 4 is 17.5 Å². The van der Waals surface area contributed by atoms with Crippen LogP contribution < -0.4 is 9.64 Å². The number of anilines is 1. The predicted molar refractivity (Wildman–Crippen MR) is 139 cm³/mol. The first kappa shape index (κ1) is 24.1. The van der Waals surface area contributed by atoms with E-state index >= 15 is 0 Å². The number of aromatic nitrogens is 2. The second kappa shape index (κ2) is 10.1. The minimum Gasteiger partial charge on any atom is -0.494 e. The van der Waals surface area contributed by atoms with E-state index in [9.17, 15) is 9.59 Å². The van der Waals surface area contributed by atoms with E-state index in [1.807, 2.05) is 55.8 Å². The molecule has 188 valence electrons. The number of amides is 2. The fraction of sp³-hybridized carbons (Fsp3) is 0.393. The molecular formula is C28H33N5O3. The summed E-state index contributed by atoms with van der Waals surface area (Å²) < 4.78 is 7.39. The molecule has 1 aromatic heterocycles. The van der Waals surface area contributed by atoms with Crippen LogP contribution in [0.1, 0.15) is 44.6 Å². The van der Waals surface area contributed by atoms with E-state index in [0.717, 1.165) is 55.5 Å². The molecule has 0 atom stereocenters. The molecule has 2 aliphatic rings. The Bertz CT molecular complexity index is 1260. The van der Waals surface area contributed by atoms with Crippen molar-refractivity contribution in [2.75, 3.05) is 44.2 Å². The van der Waals surface area contributed by atoms with Crippen LogP contribution in [0, 0.1) is 13.8 Å². The van der Waals surface area contributed by atoms with E-state index in [-0.39, 0.29) is 11.8 Å². The van der Waals surface area contributed by atoms with E-state index < -0.39 is 0 Å². The molecule has 0 spiro atoms. The fourth-order valence-electron chi connectivity index (χ4n) is 5.14. The SMILES string of the molecule is CCOc1ccc(CN2CCN(c3cccc4c3C(=O)N(CCn3nc(C)cc3C)C4=O)CC2)cc1. The lowest BCUT2D eigenvalue weighted by Gasteiger charge is -2.36. The van der Waals surface area contributed by atoms with Gasteiger partial charge in [-0.05, 0) is 56.7 Å². The lowest BCUT2D eigenvalue weighted by molar-refractivity contribution is 0.0647. The normalized spacial score (nSPS) is 16.1. The van der Waals surface area contributed by atoms with E-state index in [2.05, 4.69) is 27.0 Å². The average Bonchev–Trinajstić information content (AvgIpc) is 3.33. The first-order valence-corrected chi connectivity index (χ1v) is 12.6. The quantitative estimate of drug-likeness (QED) is 0.453. The zero-order valence-corrected chi connectivity index (χ0v) is 21.2. The number of piperazine rings is 1. The van der Waals surface area contributed by atoms with Crippen molar-refractivity contribution in [1.29, 1.82) is 0 Å². The third-order valence-corrected chi connectivity index (χ3v) is 6.97. The molecule has 2 aliphatic heterocycles. The lowest BCUT2D eigenvalue weighted by Crippen LogP contribution is -2.46. The summed E-state index contributed by atoms with van der Waals surface area (Å²) in [6.45, 7) is 11.6. The van der Waals surface area contributed by atoms with Crippen LogP contribution in [-0.2, 0) is 13.1 Å². The Labute approximate surface area is 212 Å². The molecule has 3 aromatic rings.